The number of rotatable bonds is 8. The summed E-state index contributed by atoms with van der Waals surface area (Å²) in [6.45, 7) is 7.09. The normalized spacial score (nSPS) is 18.0. The Morgan fingerprint density at radius 2 is 1.90 bits per heavy atom. The van der Waals surface area contributed by atoms with E-state index in [0.29, 0.717) is 17.1 Å². The molecule has 1 aliphatic heterocycles. The van der Waals surface area contributed by atoms with Gasteiger partial charge in [-0.3, -0.25) is 9.52 Å². The number of carbonyl (C=O) groups is 2. The van der Waals surface area contributed by atoms with Gasteiger partial charge in [0.25, 0.3) is 15.9 Å². The van der Waals surface area contributed by atoms with Gasteiger partial charge in [0.1, 0.15) is 17.5 Å². The predicted octanol–water partition coefficient (Wildman–Crippen LogP) is 3.48. The fourth-order valence-electron chi connectivity index (χ4n) is 4.56. The van der Waals surface area contributed by atoms with E-state index in [1.54, 1.807) is 63.1 Å². The molecular formula is C28H35N5O7S. The highest BCUT2D eigenvalue weighted by molar-refractivity contribution is 7.92. The second kappa shape index (κ2) is 12.2. The number of urea groups is 1. The van der Waals surface area contributed by atoms with Crippen LogP contribution in [0.3, 0.4) is 0 Å². The highest BCUT2D eigenvalue weighted by atomic mass is 32.2. The Morgan fingerprint density at radius 3 is 2.54 bits per heavy atom. The van der Waals surface area contributed by atoms with E-state index in [2.05, 4.69) is 15.2 Å². The first-order valence-corrected chi connectivity index (χ1v) is 14.7. The quantitative estimate of drug-likeness (QED) is 0.363. The molecule has 220 valence electrons. The summed E-state index contributed by atoms with van der Waals surface area (Å²) in [5.41, 5.74) is 1.23. The lowest BCUT2D eigenvalue weighted by atomic mass is 9.99. The zero-order valence-corrected chi connectivity index (χ0v) is 24.4. The molecule has 0 bridgehead atoms. The summed E-state index contributed by atoms with van der Waals surface area (Å²) in [6.07, 6.45) is -0.655. The largest absolute Gasteiger partial charge is 0.485 e. The Kier molecular flexibility index (Phi) is 8.88. The average Bonchev–Trinajstić information content (AvgIpc) is 3.27. The van der Waals surface area contributed by atoms with Crippen LogP contribution in [0, 0.1) is 19.8 Å². The Hall–Kier alpha value is -4.10. The van der Waals surface area contributed by atoms with Gasteiger partial charge in [-0.25, -0.2) is 13.2 Å². The lowest BCUT2D eigenvalue weighted by Gasteiger charge is -2.38. The third-order valence-corrected chi connectivity index (χ3v) is 8.44. The number of aliphatic hydroxyl groups excluding tert-OH is 1. The summed E-state index contributed by atoms with van der Waals surface area (Å²) in [7, 11) is -2.41. The van der Waals surface area contributed by atoms with Crippen molar-refractivity contribution in [2.45, 2.75) is 44.7 Å². The molecule has 41 heavy (non-hydrogen) atoms. The number of para-hydroxylation sites is 1. The van der Waals surface area contributed by atoms with Crippen molar-refractivity contribution >= 4 is 33.3 Å². The first-order valence-electron chi connectivity index (χ1n) is 13.2. The predicted molar refractivity (Wildman–Crippen MR) is 152 cm³/mol. The first kappa shape index (κ1) is 29.9. The maximum absolute atomic E-state index is 13.7. The number of nitrogens with zero attached hydrogens (tertiary/aromatic N) is 3. The van der Waals surface area contributed by atoms with Crippen LogP contribution in [0.5, 0.6) is 5.75 Å². The van der Waals surface area contributed by atoms with Gasteiger partial charge in [-0.05, 0) is 45.0 Å². The fourth-order valence-corrected chi connectivity index (χ4v) is 5.65. The second-order valence-electron chi connectivity index (χ2n) is 10.2. The van der Waals surface area contributed by atoms with E-state index < -0.39 is 34.1 Å². The number of benzene rings is 2. The van der Waals surface area contributed by atoms with Crippen LogP contribution in [-0.2, 0) is 10.0 Å². The summed E-state index contributed by atoms with van der Waals surface area (Å²) >= 11 is 0. The van der Waals surface area contributed by atoms with Crippen molar-refractivity contribution in [2.24, 2.45) is 5.92 Å². The molecule has 1 aliphatic rings. The third-order valence-electron chi connectivity index (χ3n) is 7.05. The number of ether oxygens (including phenoxy) is 1. The van der Waals surface area contributed by atoms with E-state index in [9.17, 15) is 23.1 Å². The number of aryl methyl sites for hydroxylation is 2. The first-order chi connectivity index (χ1) is 19.4. The summed E-state index contributed by atoms with van der Waals surface area (Å²) < 4.78 is 40.5. The van der Waals surface area contributed by atoms with Crippen molar-refractivity contribution in [2.75, 3.05) is 36.8 Å². The van der Waals surface area contributed by atoms with Crippen molar-refractivity contribution in [3.8, 4) is 5.75 Å². The van der Waals surface area contributed by atoms with Crippen molar-refractivity contribution in [1.82, 2.24) is 15.0 Å². The summed E-state index contributed by atoms with van der Waals surface area (Å²) in [5.74, 6) is -0.203. The van der Waals surface area contributed by atoms with Gasteiger partial charge in [0.2, 0.25) is 0 Å². The Morgan fingerprint density at radius 1 is 1.20 bits per heavy atom. The van der Waals surface area contributed by atoms with E-state index in [1.165, 1.54) is 23.1 Å². The van der Waals surface area contributed by atoms with Gasteiger partial charge < -0.3 is 29.5 Å². The molecule has 0 saturated carbocycles. The molecular weight excluding hydrogens is 550 g/mol. The minimum atomic E-state index is -4.01. The maximum atomic E-state index is 13.7. The minimum Gasteiger partial charge on any atom is -0.485 e. The number of anilines is 2. The zero-order valence-electron chi connectivity index (χ0n) is 23.6. The number of sulfonamides is 1. The molecule has 0 aliphatic carbocycles. The van der Waals surface area contributed by atoms with E-state index in [-0.39, 0.29) is 47.5 Å². The number of hydrogen-bond acceptors (Lipinski definition) is 8. The van der Waals surface area contributed by atoms with Crippen molar-refractivity contribution in [1.29, 1.82) is 0 Å². The fraction of sp³-hybridized carbons (Fsp3) is 0.393. The Labute approximate surface area is 239 Å². The van der Waals surface area contributed by atoms with Gasteiger partial charge in [-0.2, -0.15) is 0 Å². The van der Waals surface area contributed by atoms with Crippen molar-refractivity contribution < 1.29 is 32.4 Å². The highest BCUT2D eigenvalue weighted by Gasteiger charge is 2.35. The number of fused-ring (bicyclic) bond motifs is 1. The molecule has 2 aromatic carbocycles. The second-order valence-corrected chi connectivity index (χ2v) is 11.9. The van der Waals surface area contributed by atoms with E-state index in [4.69, 9.17) is 9.26 Å². The third kappa shape index (κ3) is 6.46. The molecule has 1 aromatic heterocycles. The van der Waals surface area contributed by atoms with Crippen LogP contribution in [0.4, 0.5) is 16.2 Å². The summed E-state index contributed by atoms with van der Waals surface area (Å²) in [6, 6.07) is 11.5. The molecule has 0 spiro atoms. The molecule has 3 atom stereocenters. The topological polar surface area (TPSA) is 154 Å². The highest BCUT2D eigenvalue weighted by Crippen LogP contribution is 2.36. The van der Waals surface area contributed by atoms with Crippen LogP contribution in [0.1, 0.15) is 35.7 Å². The van der Waals surface area contributed by atoms with E-state index in [0.717, 1.165) is 0 Å². The minimum absolute atomic E-state index is 0.0447. The SMILES string of the molecule is Cc1noc(C)c1NC(=O)N(C)C[C@@H]1Oc2c(NS(=O)(=O)c3ccccc3)cccc2C(=O)N([C@@H](C)CO)C[C@@H]1C. The molecule has 0 unspecified atom stereocenters. The summed E-state index contributed by atoms with van der Waals surface area (Å²) in [4.78, 5) is 29.8. The van der Waals surface area contributed by atoms with E-state index >= 15 is 0 Å². The van der Waals surface area contributed by atoms with Gasteiger partial charge in [0.05, 0.1) is 35.3 Å². The zero-order chi connectivity index (χ0) is 29.9. The van der Waals surface area contributed by atoms with Gasteiger partial charge >= 0.3 is 6.03 Å². The smallest absolute Gasteiger partial charge is 0.321 e. The van der Waals surface area contributed by atoms with Crippen LogP contribution in [-0.4, -0.2) is 79.3 Å². The lowest BCUT2D eigenvalue weighted by Crippen LogP contribution is -2.50. The Bertz CT molecular complexity index is 1490. The molecule has 13 heteroatoms. The molecule has 0 radical (unpaired) electrons. The van der Waals surface area contributed by atoms with Crippen molar-refractivity contribution in [3.63, 3.8) is 0 Å². The van der Waals surface area contributed by atoms with Crippen LogP contribution < -0.4 is 14.8 Å². The molecule has 4 rings (SSSR count). The molecule has 3 aromatic rings. The van der Waals surface area contributed by atoms with Crippen LogP contribution in [0.25, 0.3) is 0 Å². The number of nitrogens with one attached hydrogen (secondary N) is 2. The average molecular weight is 586 g/mol. The lowest BCUT2D eigenvalue weighted by molar-refractivity contribution is 0.0373. The van der Waals surface area contributed by atoms with Crippen LogP contribution >= 0.6 is 0 Å². The van der Waals surface area contributed by atoms with Gasteiger partial charge in [-0.1, -0.05) is 36.3 Å². The molecule has 3 amide bonds. The van der Waals surface area contributed by atoms with E-state index in [1.807, 2.05) is 6.92 Å². The number of aromatic nitrogens is 1. The number of hydrogen-bond donors (Lipinski definition) is 3. The van der Waals surface area contributed by atoms with Crippen molar-refractivity contribution in [3.05, 3.63) is 65.5 Å². The summed E-state index contributed by atoms with van der Waals surface area (Å²) in [5, 5.41) is 16.6. The molecule has 12 nitrogen and oxygen atoms in total. The van der Waals surface area contributed by atoms with Crippen LogP contribution in [0.2, 0.25) is 0 Å². The number of carbonyl (C=O) groups excluding carboxylic acids is 2. The maximum Gasteiger partial charge on any atom is 0.321 e. The number of amides is 3. The number of likely N-dealkylation sites (N-methyl/N-ethyl adjacent to an activating group) is 1. The standard InChI is InChI=1S/C28H35N5O7S/c1-17-14-33(18(2)16-34)27(35)22-12-9-13-23(31-41(37,38)21-10-7-6-8-11-21)26(22)39-24(17)15-32(5)28(36)29-25-19(3)30-40-20(25)4/h6-13,17-18,24,31,34H,14-16H2,1-5H3,(H,29,36)/t17-,18-,24-/m0/s1. The van der Waals surface area contributed by atoms with Crippen LogP contribution in [0.15, 0.2) is 57.9 Å². The Balaban J connectivity index is 1.69. The molecule has 0 fully saturated rings. The molecule has 2 heterocycles. The van der Waals surface area contributed by atoms with Gasteiger partial charge in [0.15, 0.2) is 11.5 Å². The van der Waals surface area contributed by atoms with Gasteiger partial charge in [-0.15, -0.1) is 0 Å². The molecule has 0 saturated heterocycles. The van der Waals surface area contributed by atoms with Gasteiger partial charge in [0, 0.05) is 19.5 Å². The monoisotopic (exact) mass is 585 g/mol. The molecule has 3 N–H and O–H groups in total. The number of aliphatic hydroxyl groups is 1.